The second-order valence-corrected chi connectivity index (χ2v) is 6.58. The molecule has 2 aromatic carbocycles. The third kappa shape index (κ3) is 3.34. The molecule has 1 aromatic heterocycles. The van der Waals surface area contributed by atoms with Crippen LogP contribution in [0.4, 0.5) is 5.69 Å². The highest BCUT2D eigenvalue weighted by Crippen LogP contribution is 2.22. The number of aromatic nitrogens is 2. The van der Waals surface area contributed by atoms with Gasteiger partial charge in [-0.3, -0.25) is 9.69 Å². The van der Waals surface area contributed by atoms with Gasteiger partial charge in [0.25, 0.3) is 5.56 Å². The van der Waals surface area contributed by atoms with Crippen LogP contribution in [0.1, 0.15) is 11.4 Å². The highest BCUT2D eigenvalue weighted by Gasteiger charge is 2.19. The average molecular weight is 350 g/mol. The van der Waals surface area contributed by atoms with Gasteiger partial charge in [0.2, 0.25) is 0 Å². The summed E-state index contributed by atoms with van der Waals surface area (Å²) in [6.45, 7) is 4.23. The van der Waals surface area contributed by atoms with Gasteiger partial charge in [0.05, 0.1) is 24.1 Å². The molecular weight excluding hydrogens is 328 g/mol. The largest absolute Gasteiger partial charge is 0.392 e. The van der Waals surface area contributed by atoms with Crippen molar-refractivity contribution >= 4 is 16.6 Å². The van der Waals surface area contributed by atoms with Crippen LogP contribution < -0.4 is 10.5 Å². The maximum absolute atomic E-state index is 12.2. The standard InChI is InChI=1S/C20H22N4O2/c25-14-15-5-1-4-8-18(15)24-11-9-23(10-12-24)13-19-21-17-7-3-2-6-16(17)20(26)22-19/h1-8,25H,9-14H2,(H,21,22,26). The Balaban J connectivity index is 1.45. The number of aliphatic hydroxyl groups is 1. The summed E-state index contributed by atoms with van der Waals surface area (Å²) in [4.78, 5) is 24.3. The van der Waals surface area contributed by atoms with Crippen LogP contribution in [0.3, 0.4) is 0 Å². The molecule has 0 bridgehead atoms. The Labute approximate surface area is 151 Å². The molecule has 0 saturated carbocycles. The maximum atomic E-state index is 12.2. The van der Waals surface area contributed by atoms with E-state index in [-0.39, 0.29) is 12.2 Å². The van der Waals surface area contributed by atoms with Gasteiger partial charge in [-0.1, -0.05) is 30.3 Å². The van der Waals surface area contributed by atoms with E-state index in [0.29, 0.717) is 17.8 Å². The fourth-order valence-electron chi connectivity index (χ4n) is 3.52. The van der Waals surface area contributed by atoms with Crippen molar-refractivity contribution in [3.8, 4) is 0 Å². The van der Waals surface area contributed by atoms with Crippen molar-refractivity contribution in [1.29, 1.82) is 0 Å². The maximum Gasteiger partial charge on any atom is 0.258 e. The third-order valence-electron chi connectivity index (χ3n) is 4.91. The second-order valence-electron chi connectivity index (χ2n) is 6.58. The van der Waals surface area contributed by atoms with Crippen molar-refractivity contribution in [2.24, 2.45) is 0 Å². The Hall–Kier alpha value is -2.70. The van der Waals surface area contributed by atoms with Crippen LogP contribution in [-0.4, -0.2) is 46.2 Å². The summed E-state index contributed by atoms with van der Waals surface area (Å²) >= 11 is 0. The molecule has 134 valence electrons. The molecule has 2 N–H and O–H groups in total. The average Bonchev–Trinajstić information content (AvgIpc) is 2.69. The first kappa shape index (κ1) is 16.8. The van der Waals surface area contributed by atoms with Gasteiger partial charge in [-0.15, -0.1) is 0 Å². The van der Waals surface area contributed by atoms with Gasteiger partial charge in [-0.05, 0) is 18.2 Å². The van der Waals surface area contributed by atoms with Gasteiger partial charge < -0.3 is 15.0 Å². The minimum absolute atomic E-state index is 0.0542. The quantitative estimate of drug-likeness (QED) is 0.750. The smallest absolute Gasteiger partial charge is 0.258 e. The molecular formula is C20H22N4O2. The lowest BCUT2D eigenvalue weighted by Crippen LogP contribution is -2.46. The number of piperazine rings is 1. The van der Waals surface area contributed by atoms with E-state index >= 15 is 0 Å². The Morgan fingerprint density at radius 2 is 1.73 bits per heavy atom. The van der Waals surface area contributed by atoms with E-state index in [2.05, 4.69) is 25.8 Å². The summed E-state index contributed by atoms with van der Waals surface area (Å²) in [6, 6.07) is 15.4. The van der Waals surface area contributed by atoms with E-state index in [9.17, 15) is 9.90 Å². The third-order valence-corrected chi connectivity index (χ3v) is 4.91. The number of benzene rings is 2. The zero-order valence-corrected chi connectivity index (χ0v) is 14.6. The number of para-hydroxylation sites is 2. The predicted octanol–water partition coefficient (Wildman–Crippen LogP) is 1.74. The Morgan fingerprint density at radius 1 is 1.00 bits per heavy atom. The number of hydrogen-bond acceptors (Lipinski definition) is 5. The summed E-state index contributed by atoms with van der Waals surface area (Å²) in [5.41, 5.74) is 2.72. The number of anilines is 1. The number of H-pyrrole nitrogens is 1. The molecule has 6 nitrogen and oxygen atoms in total. The highest BCUT2D eigenvalue weighted by atomic mass is 16.3. The van der Waals surface area contributed by atoms with Gasteiger partial charge in [0, 0.05) is 37.4 Å². The Kier molecular flexibility index (Phi) is 4.69. The molecule has 0 amide bonds. The summed E-state index contributed by atoms with van der Waals surface area (Å²) < 4.78 is 0. The molecule has 0 unspecified atom stereocenters. The Morgan fingerprint density at radius 3 is 2.54 bits per heavy atom. The minimum atomic E-state index is -0.0823. The van der Waals surface area contributed by atoms with Crippen LogP contribution in [0.25, 0.3) is 10.9 Å². The first-order chi connectivity index (χ1) is 12.7. The second kappa shape index (κ2) is 7.27. The van der Waals surface area contributed by atoms with Crippen molar-refractivity contribution in [3.05, 3.63) is 70.3 Å². The first-order valence-corrected chi connectivity index (χ1v) is 8.88. The van der Waals surface area contributed by atoms with E-state index in [4.69, 9.17) is 0 Å². The van der Waals surface area contributed by atoms with Crippen molar-refractivity contribution in [3.63, 3.8) is 0 Å². The van der Waals surface area contributed by atoms with Crippen LogP contribution in [-0.2, 0) is 13.2 Å². The zero-order chi connectivity index (χ0) is 17.9. The number of hydrogen-bond donors (Lipinski definition) is 2. The van der Waals surface area contributed by atoms with E-state index < -0.39 is 0 Å². The molecule has 26 heavy (non-hydrogen) atoms. The summed E-state index contributed by atoms with van der Waals surface area (Å²) in [6.07, 6.45) is 0. The number of nitrogens with one attached hydrogen (secondary N) is 1. The fraction of sp³-hybridized carbons (Fsp3) is 0.300. The summed E-state index contributed by atoms with van der Waals surface area (Å²) in [7, 11) is 0. The SMILES string of the molecule is O=c1[nH]c(CN2CCN(c3ccccc3CO)CC2)nc2ccccc12. The molecule has 1 aliphatic heterocycles. The van der Waals surface area contributed by atoms with Crippen LogP contribution in [0, 0.1) is 0 Å². The fourth-order valence-corrected chi connectivity index (χ4v) is 3.52. The topological polar surface area (TPSA) is 72.5 Å². The summed E-state index contributed by atoms with van der Waals surface area (Å²) in [5.74, 6) is 0.706. The van der Waals surface area contributed by atoms with Crippen LogP contribution in [0.5, 0.6) is 0 Å². The highest BCUT2D eigenvalue weighted by molar-refractivity contribution is 5.77. The number of aliphatic hydroxyl groups excluding tert-OH is 1. The lowest BCUT2D eigenvalue weighted by Gasteiger charge is -2.36. The zero-order valence-electron chi connectivity index (χ0n) is 14.6. The van der Waals surface area contributed by atoms with E-state index in [1.54, 1.807) is 6.07 Å². The summed E-state index contributed by atoms with van der Waals surface area (Å²) in [5, 5.41) is 10.2. The Bertz CT molecular complexity index is 961. The molecule has 0 radical (unpaired) electrons. The van der Waals surface area contributed by atoms with Gasteiger partial charge in [0.15, 0.2) is 0 Å². The molecule has 0 aliphatic carbocycles. The monoisotopic (exact) mass is 350 g/mol. The van der Waals surface area contributed by atoms with Crippen molar-refractivity contribution in [2.45, 2.75) is 13.2 Å². The van der Waals surface area contributed by atoms with E-state index in [1.807, 2.05) is 36.4 Å². The normalized spacial score (nSPS) is 15.5. The lowest BCUT2D eigenvalue weighted by molar-refractivity contribution is 0.243. The first-order valence-electron chi connectivity index (χ1n) is 8.88. The van der Waals surface area contributed by atoms with Gasteiger partial charge in [-0.2, -0.15) is 0 Å². The van der Waals surface area contributed by atoms with E-state index in [0.717, 1.165) is 42.9 Å². The number of nitrogens with zero attached hydrogens (tertiary/aromatic N) is 3. The lowest BCUT2D eigenvalue weighted by atomic mass is 10.1. The van der Waals surface area contributed by atoms with Crippen molar-refractivity contribution in [1.82, 2.24) is 14.9 Å². The molecule has 0 atom stereocenters. The van der Waals surface area contributed by atoms with Crippen LogP contribution in [0.2, 0.25) is 0 Å². The molecule has 4 rings (SSSR count). The van der Waals surface area contributed by atoms with Gasteiger partial charge in [0.1, 0.15) is 5.82 Å². The molecule has 0 spiro atoms. The molecule has 3 aromatic rings. The van der Waals surface area contributed by atoms with Crippen molar-refractivity contribution in [2.75, 3.05) is 31.1 Å². The van der Waals surface area contributed by atoms with E-state index in [1.165, 1.54) is 0 Å². The minimum Gasteiger partial charge on any atom is -0.392 e. The molecule has 1 saturated heterocycles. The predicted molar refractivity (Wildman–Crippen MR) is 102 cm³/mol. The molecule has 1 aliphatic rings. The number of fused-ring (bicyclic) bond motifs is 1. The number of rotatable bonds is 4. The molecule has 1 fully saturated rings. The van der Waals surface area contributed by atoms with Crippen molar-refractivity contribution < 1.29 is 5.11 Å². The van der Waals surface area contributed by atoms with Crippen LogP contribution in [0.15, 0.2) is 53.3 Å². The van der Waals surface area contributed by atoms with Gasteiger partial charge >= 0.3 is 0 Å². The number of aromatic amines is 1. The van der Waals surface area contributed by atoms with Gasteiger partial charge in [-0.25, -0.2) is 4.98 Å². The van der Waals surface area contributed by atoms with Crippen LogP contribution >= 0.6 is 0 Å². The molecule has 2 heterocycles. The molecule has 6 heteroatoms.